The van der Waals surface area contributed by atoms with Crippen molar-refractivity contribution in [1.29, 1.82) is 0 Å². The van der Waals surface area contributed by atoms with Crippen molar-refractivity contribution < 1.29 is 23.5 Å². The fraction of sp³-hybridized carbons (Fsp3) is 0.211. The van der Waals surface area contributed by atoms with Crippen molar-refractivity contribution >= 4 is 17.8 Å². The van der Waals surface area contributed by atoms with Crippen LogP contribution < -0.4 is 0 Å². The van der Waals surface area contributed by atoms with Gasteiger partial charge >= 0.3 is 5.97 Å². The maximum absolute atomic E-state index is 12.8. The Morgan fingerprint density at radius 3 is 2.12 bits per heavy atom. The van der Waals surface area contributed by atoms with Crippen molar-refractivity contribution in [3.63, 3.8) is 0 Å². The van der Waals surface area contributed by atoms with E-state index in [0.29, 0.717) is 24.0 Å². The van der Waals surface area contributed by atoms with Gasteiger partial charge < -0.3 is 4.74 Å². The Morgan fingerprint density at radius 2 is 1.52 bits per heavy atom. The highest BCUT2D eigenvalue weighted by atomic mass is 19.1. The summed E-state index contributed by atoms with van der Waals surface area (Å²) in [5.74, 6) is -1.52. The molecule has 3 rings (SSSR count). The number of carbonyl (C=O) groups is 3. The van der Waals surface area contributed by atoms with E-state index in [4.69, 9.17) is 4.74 Å². The molecule has 5 nitrogen and oxygen atoms in total. The molecule has 0 spiro atoms. The zero-order chi connectivity index (χ0) is 17.8. The van der Waals surface area contributed by atoms with Crippen molar-refractivity contribution in [3.05, 3.63) is 71.0 Å². The summed E-state index contributed by atoms with van der Waals surface area (Å²) in [5.41, 5.74) is 1.13. The van der Waals surface area contributed by atoms with Crippen LogP contribution in [-0.4, -0.2) is 35.8 Å². The van der Waals surface area contributed by atoms with Crippen LogP contribution in [0.25, 0.3) is 0 Å². The average Bonchev–Trinajstić information content (AvgIpc) is 2.87. The van der Waals surface area contributed by atoms with E-state index in [1.165, 1.54) is 29.2 Å². The summed E-state index contributed by atoms with van der Waals surface area (Å²) in [4.78, 5) is 37.3. The second-order valence-corrected chi connectivity index (χ2v) is 5.66. The van der Waals surface area contributed by atoms with Crippen LogP contribution in [0, 0.1) is 5.82 Å². The van der Waals surface area contributed by atoms with Gasteiger partial charge in [0.05, 0.1) is 23.3 Å². The van der Waals surface area contributed by atoms with E-state index >= 15 is 0 Å². The number of halogens is 1. The molecule has 0 radical (unpaired) electrons. The number of imide groups is 1. The Labute approximate surface area is 144 Å². The van der Waals surface area contributed by atoms with E-state index in [0.717, 1.165) is 0 Å². The van der Waals surface area contributed by atoms with Gasteiger partial charge in [-0.05, 0) is 49.2 Å². The summed E-state index contributed by atoms with van der Waals surface area (Å²) >= 11 is 0. The Morgan fingerprint density at radius 1 is 0.920 bits per heavy atom. The lowest BCUT2D eigenvalue weighted by molar-refractivity contribution is 0.0485. The first-order valence-electron chi connectivity index (χ1n) is 7.96. The second-order valence-electron chi connectivity index (χ2n) is 5.66. The molecule has 1 aliphatic heterocycles. The third-order valence-electron chi connectivity index (χ3n) is 3.97. The van der Waals surface area contributed by atoms with Gasteiger partial charge in [-0.15, -0.1) is 0 Å². The Kier molecular flexibility index (Phi) is 4.88. The molecule has 0 saturated heterocycles. The van der Waals surface area contributed by atoms with Crippen LogP contribution in [0.15, 0.2) is 48.5 Å². The summed E-state index contributed by atoms with van der Waals surface area (Å²) in [6.45, 7) is 0.444. The highest BCUT2D eigenvalue weighted by Gasteiger charge is 2.34. The molecule has 0 aromatic heterocycles. The molecule has 0 aliphatic carbocycles. The van der Waals surface area contributed by atoms with Gasteiger partial charge in [-0.1, -0.05) is 12.1 Å². The maximum atomic E-state index is 12.8. The number of nitrogens with zero attached hydrogens (tertiary/aromatic N) is 1. The molecule has 2 aromatic carbocycles. The molecular weight excluding hydrogens is 325 g/mol. The molecule has 1 heterocycles. The summed E-state index contributed by atoms with van der Waals surface area (Å²) < 4.78 is 17.9. The third kappa shape index (κ3) is 3.57. The number of esters is 1. The summed E-state index contributed by atoms with van der Waals surface area (Å²) in [6, 6.07) is 11.8. The maximum Gasteiger partial charge on any atom is 0.338 e. The largest absolute Gasteiger partial charge is 0.462 e. The number of fused-ring (bicyclic) bond motifs is 1. The van der Waals surface area contributed by atoms with Crippen LogP contribution >= 0.6 is 0 Å². The standard InChI is InChI=1S/C19H16FNO4/c20-14-9-7-13(8-10-14)19(24)25-12-4-3-11-21-17(22)15-5-1-2-6-16(15)18(21)23/h1-2,5-10H,3-4,11-12H2. The van der Waals surface area contributed by atoms with Gasteiger partial charge in [-0.2, -0.15) is 0 Å². The lowest BCUT2D eigenvalue weighted by Crippen LogP contribution is -2.30. The fourth-order valence-electron chi connectivity index (χ4n) is 2.65. The molecule has 2 aromatic rings. The van der Waals surface area contributed by atoms with Crippen molar-refractivity contribution in [2.45, 2.75) is 12.8 Å². The second kappa shape index (κ2) is 7.25. The van der Waals surface area contributed by atoms with Crippen molar-refractivity contribution in [2.75, 3.05) is 13.2 Å². The molecule has 0 fully saturated rings. The van der Waals surface area contributed by atoms with E-state index in [9.17, 15) is 18.8 Å². The van der Waals surface area contributed by atoms with E-state index in [1.54, 1.807) is 24.3 Å². The number of carbonyl (C=O) groups excluding carboxylic acids is 3. The first kappa shape index (κ1) is 16.8. The minimum atomic E-state index is -0.527. The highest BCUT2D eigenvalue weighted by molar-refractivity contribution is 6.21. The van der Waals surface area contributed by atoms with Gasteiger partial charge in [0.25, 0.3) is 11.8 Å². The van der Waals surface area contributed by atoms with Crippen LogP contribution in [0.5, 0.6) is 0 Å². The molecule has 1 aliphatic rings. The van der Waals surface area contributed by atoms with Crippen LogP contribution in [0.4, 0.5) is 4.39 Å². The molecule has 0 unspecified atom stereocenters. The number of ether oxygens (including phenoxy) is 1. The van der Waals surface area contributed by atoms with Crippen LogP contribution in [0.1, 0.15) is 43.9 Å². The third-order valence-corrected chi connectivity index (χ3v) is 3.97. The van der Waals surface area contributed by atoms with Crippen LogP contribution in [0.3, 0.4) is 0 Å². The first-order chi connectivity index (χ1) is 12.1. The summed E-state index contributed by atoms with van der Waals surface area (Å²) in [6.07, 6.45) is 1.04. The van der Waals surface area contributed by atoms with Crippen molar-refractivity contribution in [3.8, 4) is 0 Å². The summed E-state index contributed by atoms with van der Waals surface area (Å²) in [5, 5.41) is 0. The molecular formula is C19H16FNO4. The monoisotopic (exact) mass is 341 g/mol. The molecule has 25 heavy (non-hydrogen) atoms. The van der Waals surface area contributed by atoms with Gasteiger partial charge in [-0.25, -0.2) is 9.18 Å². The molecule has 6 heteroatoms. The Balaban J connectivity index is 1.44. The minimum Gasteiger partial charge on any atom is -0.462 e. The predicted molar refractivity (Wildman–Crippen MR) is 87.7 cm³/mol. The summed E-state index contributed by atoms with van der Waals surface area (Å²) in [7, 11) is 0. The van der Waals surface area contributed by atoms with E-state index < -0.39 is 11.8 Å². The molecule has 0 bridgehead atoms. The molecule has 0 N–H and O–H groups in total. The van der Waals surface area contributed by atoms with Gasteiger partial charge in [0.15, 0.2) is 0 Å². The topological polar surface area (TPSA) is 63.7 Å². The SMILES string of the molecule is O=C(OCCCCN1C(=O)c2ccccc2C1=O)c1ccc(F)cc1. The van der Waals surface area contributed by atoms with Gasteiger partial charge in [0, 0.05) is 6.54 Å². The van der Waals surface area contributed by atoms with Crippen molar-refractivity contribution in [1.82, 2.24) is 4.90 Å². The van der Waals surface area contributed by atoms with E-state index in [1.807, 2.05) is 0 Å². The minimum absolute atomic E-state index is 0.166. The van der Waals surface area contributed by atoms with Gasteiger partial charge in [0.1, 0.15) is 5.82 Å². The Hall–Kier alpha value is -3.02. The molecule has 128 valence electrons. The number of benzene rings is 2. The van der Waals surface area contributed by atoms with Crippen molar-refractivity contribution in [2.24, 2.45) is 0 Å². The number of rotatable bonds is 6. The number of hydrogen-bond acceptors (Lipinski definition) is 4. The van der Waals surface area contributed by atoms with Crippen LogP contribution in [0.2, 0.25) is 0 Å². The number of unbranched alkanes of at least 4 members (excludes halogenated alkanes) is 1. The average molecular weight is 341 g/mol. The zero-order valence-corrected chi connectivity index (χ0v) is 13.4. The first-order valence-corrected chi connectivity index (χ1v) is 7.96. The van der Waals surface area contributed by atoms with E-state index in [-0.39, 0.29) is 30.5 Å². The smallest absolute Gasteiger partial charge is 0.338 e. The van der Waals surface area contributed by atoms with Gasteiger partial charge in [-0.3, -0.25) is 14.5 Å². The fourth-order valence-corrected chi connectivity index (χ4v) is 2.65. The Bertz CT molecular complexity index is 781. The molecule has 0 atom stereocenters. The predicted octanol–water partition coefficient (Wildman–Crippen LogP) is 3.06. The van der Waals surface area contributed by atoms with Crippen LogP contribution in [-0.2, 0) is 4.74 Å². The zero-order valence-electron chi connectivity index (χ0n) is 13.4. The quantitative estimate of drug-likeness (QED) is 0.460. The molecule has 0 saturated carbocycles. The normalized spacial score (nSPS) is 13.1. The number of amides is 2. The highest BCUT2D eigenvalue weighted by Crippen LogP contribution is 2.22. The lowest BCUT2D eigenvalue weighted by atomic mass is 10.1. The van der Waals surface area contributed by atoms with Gasteiger partial charge in [0.2, 0.25) is 0 Å². The van der Waals surface area contributed by atoms with E-state index in [2.05, 4.69) is 0 Å². The number of hydrogen-bond donors (Lipinski definition) is 0. The lowest BCUT2D eigenvalue weighted by Gasteiger charge is -2.13. The molecule has 2 amide bonds.